The molecule has 0 fully saturated rings. The van der Waals surface area contributed by atoms with Gasteiger partial charge in [-0.15, -0.1) is 0 Å². The lowest BCUT2D eigenvalue weighted by Crippen LogP contribution is -2.41. The molecule has 0 spiro atoms. The number of benzene rings is 1. The zero-order valence-corrected chi connectivity index (χ0v) is 9.82. The molecule has 90 valence electrons. The van der Waals surface area contributed by atoms with Crippen LogP contribution in [0.5, 0.6) is 0 Å². The number of hydrogen-bond donors (Lipinski definition) is 3. The minimum Gasteiger partial charge on any atom is -0.393 e. The highest BCUT2D eigenvalue weighted by Crippen LogP contribution is 2.02. The van der Waals surface area contributed by atoms with Gasteiger partial charge in [-0.2, -0.15) is 0 Å². The fraction of sp³-hybridized carbons (Fsp3) is 0.538. The van der Waals surface area contributed by atoms with Crippen molar-refractivity contribution in [2.24, 2.45) is 0 Å². The van der Waals surface area contributed by atoms with Crippen molar-refractivity contribution in [3.63, 3.8) is 0 Å². The standard InChI is InChI=1S/C13H21NO2/c1-13(16,11-15)10-14-9-5-8-12-6-3-2-4-7-12/h2-4,6-7,14-16H,5,8-11H2,1H3. The van der Waals surface area contributed by atoms with Gasteiger partial charge in [-0.25, -0.2) is 0 Å². The summed E-state index contributed by atoms with van der Waals surface area (Å²) >= 11 is 0. The molecule has 1 atom stereocenters. The first-order valence-corrected chi connectivity index (χ1v) is 5.72. The number of aliphatic hydroxyl groups excluding tert-OH is 1. The molecule has 0 heterocycles. The lowest BCUT2D eigenvalue weighted by molar-refractivity contribution is 0.00289. The first-order chi connectivity index (χ1) is 7.64. The maximum Gasteiger partial charge on any atom is 0.0972 e. The van der Waals surface area contributed by atoms with Crippen LogP contribution in [0.2, 0.25) is 0 Å². The summed E-state index contributed by atoms with van der Waals surface area (Å²) in [5.74, 6) is 0. The molecule has 1 aromatic carbocycles. The summed E-state index contributed by atoms with van der Waals surface area (Å²) in [6.07, 6.45) is 2.07. The monoisotopic (exact) mass is 223 g/mol. The van der Waals surface area contributed by atoms with Crippen molar-refractivity contribution >= 4 is 0 Å². The Kier molecular flexibility index (Phi) is 5.46. The van der Waals surface area contributed by atoms with E-state index in [-0.39, 0.29) is 6.61 Å². The first-order valence-electron chi connectivity index (χ1n) is 5.72. The molecule has 0 aromatic heterocycles. The van der Waals surface area contributed by atoms with Gasteiger partial charge in [-0.1, -0.05) is 30.3 Å². The predicted octanol–water partition coefficient (Wildman–Crippen LogP) is 0.952. The van der Waals surface area contributed by atoms with Crippen LogP contribution in [-0.4, -0.2) is 35.5 Å². The highest BCUT2D eigenvalue weighted by atomic mass is 16.3. The van der Waals surface area contributed by atoms with Crippen LogP contribution in [0.25, 0.3) is 0 Å². The van der Waals surface area contributed by atoms with Crippen molar-refractivity contribution in [3.8, 4) is 0 Å². The van der Waals surface area contributed by atoms with E-state index in [9.17, 15) is 5.11 Å². The van der Waals surface area contributed by atoms with Gasteiger partial charge in [0.1, 0.15) is 0 Å². The molecular formula is C13H21NO2. The molecule has 16 heavy (non-hydrogen) atoms. The summed E-state index contributed by atoms with van der Waals surface area (Å²) in [7, 11) is 0. The van der Waals surface area contributed by atoms with Crippen molar-refractivity contribution in [1.82, 2.24) is 5.32 Å². The van der Waals surface area contributed by atoms with Crippen molar-refractivity contribution in [1.29, 1.82) is 0 Å². The van der Waals surface area contributed by atoms with Crippen molar-refractivity contribution in [3.05, 3.63) is 35.9 Å². The summed E-state index contributed by atoms with van der Waals surface area (Å²) in [6, 6.07) is 10.3. The second-order valence-electron chi connectivity index (χ2n) is 4.42. The van der Waals surface area contributed by atoms with Gasteiger partial charge < -0.3 is 15.5 Å². The molecule has 0 aliphatic heterocycles. The largest absolute Gasteiger partial charge is 0.393 e. The van der Waals surface area contributed by atoms with Gasteiger partial charge in [-0.05, 0) is 31.9 Å². The van der Waals surface area contributed by atoms with E-state index in [0.717, 1.165) is 19.4 Å². The fourth-order valence-corrected chi connectivity index (χ4v) is 1.48. The molecule has 0 radical (unpaired) electrons. The molecule has 3 N–H and O–H groups in total. The number of nitrogens with one attached hydrogen (secondary N) is 1. The van der Waals surface area contributed by atoms with Crippen LogP contribution in [0.3, 0.4) is 0 Å². The maximum absolute atomic E-state index is 9.53. The van der Waals surface area contributed by atoms with Gasteiger partial charge in [-0.3, -0.25) is 0 Å². The van der Waals surface area contributed by atoms with Gasteiger partial charge in [0.25, 0.3) is 0 Å². The smallest absolute Gasteiger partial charge is 0.0972 e. The quantitative estimate of drug-likeness (QED) is 0.603. The van der Waals surface area contributed by atoms with E-state index in [1.54, 1.807) is 6.92 Å². The third kappa shape index (κ3) is 5.26. The number of aryl methyl sites for hydroxylation is 1. The van der Waals surface area contributed by atoms with Gasteiger partial charge in [0.2, 0.25) is 0 Å². The average molecular weight is 223 g/mol. The van der Waals surface area contributed by atoms with Crippen LogP contribution in [-0.2, 0) is 6.42 Å². The molecule has 3 nitrogen and oxygen atoms in total. The summed E-state index contributed by atoms with van der Waals surface area (Å²) in [5.41, 5.74) is 0.324. The van der Waals surface area contributed by atoms with Gasteiger partial charge in [0.05, 0.1) is 12.2 Å². The molecule has 1 aromatic rings. The summed E-state index contributed by atoms with van der Waals surface area (Å²) in [6.45, 7) is 2.69. The Morgan fingerprint density at radius 3 is 2.56 bits per heavy atom. The highest BCUT2D eigenvalue weighted by molar-refractivity contribution is 5.14. The van der Waals surface area contributed by atoms with E-state index < -0.39 is 5.60 Å². The van der Waals surface area contributed by atoms with E-state index in [2.05, 4.69) is 17.4 Å². The molecule has 0 amide bonds. The van der Waals surface area contributed by atoms with E-state index in [1.165, 1.54) is 5.56 Å². The molecule has 1 rings (SSSR count). The highest BCUT2D eigenvalue weighted by Gasteiger charge is 2.17. The molecule has 0 aliphatic rings. The van der Waals surface area contributed by atoms with Crippen LogP contribution in [0.1, 0.15) is 18.9 Å². The Morgan fingerprint density at radius 1 is 1.25 bits per heavy atom. The van der Waals surface area contributed by atoms with E-state index in [1.807, 2.05) is 18.2 Å². The number of rotatable bonds is 7. The predicted molar refractivity (Wildman–Crippen MR) is 65.3 cm³/mol. The Bertz CT molecular complexity index is 285. The van der Waals surface area contributed by atoms with Crippen LogP contribution >= 0.6 is 0 Å². The normalized spacial score (nSPS) is 14.7. The summed E-state index contributed by atoms with van der Waals surface area (Å²) < 4.78 is 0. The number of hydrogen-bond acceptors (Lipinski definition) is 3. The molecule has 0 saturated carbocycles. The molecule has 0 aliphatic carbocycles. The van der Waals surface area contributed by atoms with E-state index in [4.69, 9.17) is 5.11 Å². The third-order valence-corrected chi connectivity index (χ3v) is 2.51. The second kappa shape index (κ2) is 6.63. The Hall–Kier alpha value is -0.900. The zero-order chi connectivity index (χ0) is 11.9. The Morgan fingerprint density at radius 2 is 1.94 bits per heavy atom. The van der Waals surface area contributed by atoms with E-state index >= 15 is 0 Å². The molecule has 0 saturated heterocycles. The topological polar surface area (TPSA) is 52.5 Å². The SMILES string of the molecule is CC(O)(CO)CNCCCc1ccccc1. The first kappa shape index (κ1) is 13.2. The molecule has 0 bridgehead atoms. The lowest BCUT2D eigenvalue weighted by atomic mass is 10.1. The molecule has 3 heteroatoms. The van der Waals surface area contributed by atoms with Gasteiger partial charge >= 0.3 is 0 Å². The van der Waals surface area contributed by atoms with Crippen LogP contribution in [0, 0.1) is 0 Å². The minimum absolute atomic E-state index is 0.210. The fourth-order valence-electron chi connectivity index (χ4n) is 1.48. The Labute approximate surface area is 97.1 Å². The van der Waals surface area contributed by atoms with Crippen LogP contribution < -0.4 is 5.32 Å². The zero-order valence-electron chi connectivity index (χ0n) is 9.82. The second-order valence-corrected chi connectivity index (χ2v) is 4.42. The molecule has 1 unspecified atom stereocenters. The molecular weight excluding hydrogens is 202 g/mol. The van der Waals surface area contributed by atoms with Crippen molar-refractivity contribution in [2.75, 3.05) is 19.7 Å². The Balaban J connectivity index is 2.09. The van der Waals surface area contributed by atoms with E-state index in [0.29, 0.717) is 6.54 Å². The lowest BCUT2D eigenvalue weighted by Gasteiger charge is -2.20. The summed E-state index contributed by atoms with van der Waals surface area (Å²) in [4.78, 5) is 0. The summed E-state index contributed by atoms with van der Waals surface area (Å²) in [5, 5.41) is 21.5. The third-order valence-electron chi connectivity index (χ3n) is 2.51. The van der Waals surface area contributed by atoms with Gasteiger partial charge in [0.15, 0.2) is 0 Å². The van der Waals surface area contributed by atoms with Gasteiger partial charge in [0, 0.05) is 6.54 Å². The van der Waals surface area contributed by atoms with Crippen LogP contribution in [0.15, 0.2) is 30.3 Å². The number of aliphatic hydroxyl groups is 2. The van der Waals surface area contributed by atoms with Crippen LogP contribution in [0.4, 0.5) is 0 Å². The average Bonchev–Trinajstić information content (AvgIpc) is 2.30. The minimum atomic E-state index is -1.01. The van der Waals surface area contributed by atoms with Crippen molar-refractivity contribution in [2.45, 2.75) is 25.4 Å². The maximum atomic E-state index is 9.53. The van der Waals surface area contributed by atoms with Crippen molar-refractivity contribution < 1.29 is 10.2 Å².